The first kappa shape index (κ1) is 10.5. The van der Waals surface area contributed by atoms with Crippen LogP contribution >= 0.6 is 12.2 Å². The molecule has 4 N–H and O–H groups in total. The molecule has 0 aromatic carbocycles. The molecule has 8 nitrogen and oxygen atoms in total. The van der Waals surface area contributed by atoms with Gasteiger partial charge in [0.15, 0.2) is 10.8 Å². The molecule has 1 aromatic rings. The summed E-state index contributed by atoms with van der Waals surface area (Å²) in [7, 11) is 0. The molecule has 16 heavy (non-hydrogen) atoms. The number of hydrazone groups is 1. The van der Waals surface area contributed by atoms with Gasteiger partial charge in [-0.15, -0.1) is 0 Å². The maximum absolute atomic E-state index is 8.83. The molecule has 9 heteroatoms. The molecule has 1 heterocycles. The van der Waals surface area contributed by atoms with Crippen molar-refractivity contribution in [1.29, 1.82) is 0 Å². The Morgan fingerprint density at radius 1 is 1.50 bits per heavy atom. The van der Waals surface area contributed by atoms with Gasteiger partial charge >= 0.3 is 0 Å². The molecule has 0 amide bonds. The van der Waals surface area contributed by atoms with Crippen molar-refractivity contribution in [3.05, 3.63) is 11.4 Å². The van der Waals surface area contributed by atoms with Crippen molar-refractivity contribution in [2.75, 3.05) is 0 Å². The number of thiocarbonyl (C=S) groups is 1. The second-order valence-electron chi connectivity index (χ2n) is 3.04. The molecule has 0 unspecified atom stereocenters. The molecule has 0 atom stereocenters. The molecule has 2 rings (SSSR count). The van der Waals surface area contributed by atoms with Crippen LogP contribution < -0.4 is 11.2 Å². The van der Waals surface area contributed by atoms with Crippen molar-refractivity contribution < 1.29 is 9.84 Å². The van der Waals surface area contributed by atoms with E-state index < -0.39 is 0 Å². The Labute approximate surface area is 95.1 Å². The van der Waals surface area contributed by atoms with Crippen LogP contribution in [0.15, 0.2) is 14.9 Å². The summed E-state index contributed by atoms with van der Waals surface area (Å²) in [5.74, 6) is 0. The van der Waals surface area contributed by atoms with Crippen LogP contribution in [0.3, 0.4) is 0 Å². The van der Waals surface area contributed by atoms with Crippen LogP contribution in [0, 0.1) is 0 Å². The van der Waals surface area contributed by atoms with Crippen molar-refractivity contribution in [3.8, 4) is 0 Å². The lowest BCUT2D eigenvalue weighted by Gasteiger charge is -2.11. The molecule has 1 aromatic heterocycles. The molecule has 0 fully saturated rings. The zero-order chi connectivity index (χ0) is 11.5. The number of nitrogens with two attached hydrogens (primary N) is 1. The fourth-order valence-corrected chi connectivity index (χ4v) is 1.41. The molecule has 0 radical (unpaired) electrons. The first-order chi connectivity index (χ1) is 7.72. The minimum Gasteiger partial charge on any atom is -0.411 e. The van der Waals surface area contributed by atoms with E-state index in [0.29, 0.717) is 35.7 Å². The molecule has 0 saturated heterocycles. The normalized spacial score (nSPS) is 19.8. The molecular weight excluding hydrogens is 232 g/mol. The van der Waals surface area contributed by atoms with Crippen LogP contribution in [0.5, 0.6) is 0 Å². The Morgan fingerprint density at radius 2 is 2.31 bits per heavy atom. The fourth-order valence-electron chi connectivity index (χ4n) is 1.37. The summed E-state index contributed by atoms with van der Waals surface area (Å²) >= 11 is 4.61. The smallest absolute Gasteiger partial charge is 0.184 e. The lowest BCUT2D eigenvalue weighted by molar-refractivity contribution is 0.303. The highest BCUT2D eigenvalue weighted by molar-refractivity contribution is 7.80. The van der Waals surface area contributed by atoms with E-state index >= 15 is 0 Å². The predicted molar refractivity (Wildman–Crippen MR) is 58.3 cm³/mol. The van der Waals surface area contributed by atoms with Crippen LogP contribution in [-0.2, 0) is 6.42 Å². The van der Waals surface area contributed by atoms with E-state index in [0.717, 1.165) is 0 Å². The molecule has 84 valence electrons. The zero-order valence-corrected chi connectivity index (χ0v) is 8.86. The minimum atomic E-state index is 0.00775. The molecule has 0 bridgehead atoms. The highest BCUT2D eigenvalue weighted by Gasteiger charge is 2.27. The summed E-state index contributed by atoms with van der Waals surface area (Å²) in [4.78, 5) is 0. The van der Waals surface area contributed by atoms with Crippen LogP contribution in [0.4, 0.5) is 0 Å². The monoisotopic (exact) mass is 240 g/mol. The van der Waals surface area contributed by atoms with Gasteiger partial charge in [-0.05, 0) is 17.4 Å². The highest BCUT2D eigenvalue weighted by Crippen LogP contribution is 2.16. The number of aromatic nitrogens is 2. The average molecular weight is 240 g/mol. The maximum Gasteiger partial charge on any atom is 0.184 e. The standard InChI is InChI=1S/C7H8N6O2S/c8-7(16)10-9-5-3(11-14)1-2-4-6(5)13-15-12-4/h14H,1-2H2,(H3,8,10,16). The van der Waals surface area contributed by atoms with Crippen LogP contribution in [0.2, 0.25) is 0 Å². The number of nitrogens with zero attached hydrogens (tertiary/aromatic N) is 4. The summed E-state index contributed by atoms with van der Waals surface area (Å²) in [6.45, 7) is 0. The van der Waals surface area contributed by atoms with Crippen molar-refractivity contribution in [2.24, 2.45) is 16.0 Å². The van der Waals surface area contributed by atoms with Crippen LogP contribution in [0.1, 0.15) is 17.8 Å². The molecule has 0 saturated carbocycles. The highest BCUT2D eigenvalue weighted by atomic mass is 32.1. The number of aryl methyl sites for hydroxylation is 1. The van der Waals surface area contributed by atoms with Gasteiger partial charge in [-0.25, -0.2) is 4.63 Å². The fraction of sp³-hybridized carbons (Fsp3) is 0.286. The Bertz CT molecular complexity index is 479. The number of oxime groups is 1. The van der Waals surface area contributed by atoms with E-state index in [-0.39, 0.29) is 5.11 Å². The molecule has 1 aliphatic carbocycles. The molecule has 0 aliphatic heterocycles. The Kier molecular flexibility index (Phi) is 2.77. The van der Waals surface area contributed by atoms with Crippen molar-refractivity contribution in [1.82, 2.24) is 15.7 Å². The van der Waals surface area contributed by atoms with E-state index in [2.05, 4.69) is 42.8 Å². The first-order valence-electron chi connectivity index (χ1n) is 4.38. The minimum absolute atomic E-state index is 0.00775. The third-order valence-corrected chi connectivity index (χ3v) is 2.14. The van der Waals surface area contributed by atoms with E-state index in [9.17, 15) is 0 Å². The van der Waals surface area contributed by atoms with Gasteiger partial charge in [0, 0.05) is 12.8 Å². The Balaban J connectivity index is 2.40. The number of hydrogen-bond acceptors (Lipinski definition) is 7. The van der Waals surface area contributed by atoms with E-state index in [1.807, 2.05) is 0 Å². The maximum atomic E-state index is 8.83. The summed E-state index contributed by atoms with van der Waals surface area (Å²) < 4.78 is 4.59. The molecular formula is C7H8N6O2S. The van der Waals surface area contributed by atoms with Crippen molar-refractivity contribution >= 4 is 28.8 Å². The van der Waals surface area contributed by atoms with Gasteiger partial charge in [0.1, 0.15) is 17.1 Å². The third-order valence-electron chi connectivity index (χ3n) is 2.05. The lowest BCUT2D eigenvalue weighted by atomic mass is 9.97. The van der Waals surface area contributed by atoms with Gasteiger partial charge in [0.05, 0.1) is 0 Å². The summed E-state index contributed by atoms with van der Waals surface area (Å²) in [6.07, 6.45) is 1.08. The van der Waals surface area contributed by atoms with Crippen molar-refractivity contribution in [3.63, 3.8) is 0 Å². The van der Waals surface area contributed by atoms with Gasteiger partial charge < -0.3 is 10.9 Å². The second kappa shape index (κ2) is 4.23. The predicted octanol–water partition coefficient (Wildman–Crippen LogP) is -0.617. The largest absolute Gasteiger partial charge is 0.411 e. The summed E-state index contributed by atoms with van der Waals surface area (Å²) in [6, 6.07) is 0. The lowest BCUT2D eigenvalue weighted by Crippen LogP contribution is -2.30. The summed E-state index contributed by atoms with van der Waals surface area (Å²) in [5, 5.41) is 23.3. The van der Waals surface area contributed by atoms with Gasteiger partial charge in [-0.2, -0.15) is 5.10 Å². The van der Waals surface area contributed by atoms with Crippen molar-refractivity contribution in [2.45, 2.75) is 12.8 Å². The molecule has 1 aliphatic rings. The Hall–Kier alpha value is -2.03. The average Bonchev–Trinajstić information content (AvgIpc) is 2.73. The van der Waals surface area contributed by atoms with Crippen LogP contribution in [-0.4, -0.2) is 32.1 Å². The Morgan fingerprint density at radius 3 is 3.00 bits per heavy atom. The number of hydrogen-bond donors (Lipinski definition) is 3. The second-order valence-corrected chi connectivity index (χ2v) is 3.48. The third kappa shape index (κ3) is 1.84. The topological polar surface area (TPSA) is 122 Å². The number of fused-ring (bicyclic) bond motifs is 1. The summed E-state index contributed by atoms with van der Waals surface area (Å²) in [5.41, 5.74) is 9.46. The van der Waals surface area contributed by atoms with Crippen LogP contribution in [0.25, 0.3) is 0 Å². The number of nitrogens with one attached hydrogen (secondary N) is 1. The SMILES string of the molecule is NC(=S)NN=C1C(=NO)CCc2nonc21. The van der Waals surface area contributed by atoms with E-state index in [1.165, 1.54) is 0 Å². The van der Waals surface area contributed by atoms with Gasteiger partial charge in [-0.1, -0.05) is 10.3 Å². The quantitative estimate of drug-likeness (QED) is 0.340. The van der Waals surface area contributed by atoms with Gasteiger partial charge in [0.2, 0.25) is 0 Å². The van der Waals surface area contributed by atoms with Gasteiger partial charge in [-0.3, -0.25) is 5.43 Å². The first-order valence-corrected chi connectivity index (χ1v) is 4.79. The van der Waals surface area contributed by atoms with E-state index in [1.54, 1.807) is 0 Å². The van der Waals surface area contributed by atoms with E-state index in [4.69, 9.17) is 10.9 Å². The van der Waals surface area contributed by atoms with Gasteiger partial charge in [0.25, 0.3) is 0 Å². The zero-order valence-electron chi connectivity index (χ0n) is 8.04. The molecule has 0 spiro atoms. The number of rotatable bonds is 1.